The SMILES string of the molecule is CC(=O)N(CCC(=O)N1CCC2(CC1)OCCO2)Cc1ccc(F)cc1. The molecule has 0 unspecified atom stereocenters. The maximum atomic E-state index is 13.0. The molecule has 1 spiro atoms. The summed E-state index contributed by atoms with van der Waals surface area (Å²) in [4.78, 5) is 27.8. The molecule has 142 valence electrons. The molecule has 2 aliphatic heterocycles. The van der Waals surface area contributed by atoms with E-state index in [1.807, 2.05) is 4.90 Å². The highest BCUT2D eigenvalue weighted by Gasteiger charge is 2.40. The van der Waals surface area contributed by atoms with Crippen LogP contribution < -0.4 is 0 Å². The Balaban J connectivity index is 1.48. The highest BCUT2D eigenvalue weighted by molar-refractivity contribution is 5.78. The molecule has 2 saturated heterocycles. The number of benzene rings is 1. The van der Waals surface area contributed by atoms with E-state index in [9.17, 15) is 14.0 Å². The molecule has 0 atom stereocenters. The molecule has 2 amide bonds. The lowest BCUT2D eigenvalue weighted by Crippen LogP contribution is -2.47. The smallest absolute Gasteiger partial charge is 0.224 e. The average molecular weight is 364 g/mol. The fourth-order valence-corrected chi connectivity index (χ4v) is 3.43. The van der Waals surface area contributed by atoms with Gasteiger partial charge in [0.15, 0.2) is 5.79 Å². The van der Waals surface area contributed by atoms with Crippen LogP contribution in [-0.4, -0.2) is 60.2 Å². The number of likely N-dealkylation sites (tertiary alicyclic amines) is 1. The van der Waals surface area contributed by atoms with Crippen LogP contribution >= 0.6 is 0 Å². The summed E-state index contributed by atoms with van der Waals surface area (Å²) in [6.07, 6.45) is 1.64. The molecule has 2 aliphatic rings. The molecule has 7 heteroatoms. The van der Waals surface area contributed by atoms with E-state index in [1.54, 1.807) is 17.0 Å². The zero-order chi connectivity index (χ0) is 18.6. The molecule has 0 saturated carbocycles. The third-order valence-corrected chi connectivity index (χ3v) is 5.02. The van der Waals surface area contributed by atoms with Gasteiger partial charge >= 0.3 is 0 Å². The van der Waals surface area contributed by atoms with E-state index in [4.69, 9.17) is 9.47 Å². The second-order valence-corrected chi connectivity index (χ2v) is 6.81. The summed E-state index contributed by atoms with van der Waals surface area (Å²) in [7, 11) is 0. The molecule has 2 fully saturated rings. The lowest BCUT2D eigenvalue weighted by molar-refractivity contribution is -0.187. The minimum absolute atomic E-state index is 0.0307. The number of piperidine rings is 1. The van der Waals surface area contributed by atoms with Gasteiger partial charge in [0, 0.05) is 52.4 Å². The van der Waals surface area contributed by atoms with Crippen molar-refractivity contribution in [2.24, 2.45) is 0 Å². The van der Waals surface area contributed by atoms with E-state index < -0.39 is 5.79 Å². The lowest BCUT2D eigenvalue weighted by Gasteiger charge is -2.37. The van der Waals surface area contributed by atoms with Gasteiger partial charge in [-0.1, -0.05) is 12.1 Å². The number of ether oxygens (including phenoxy) is 2. The second-order valence-electron chi connectivity index (χ2n) is 6.81. The lowest BCUT2D eigenvalue weighted by atomic mass is 10.0. The van der Waals surface area contributed by atoms with Crippen molar-refractivity contribution in [1.82, 2.24) is 9.80 Å². The number of nitrogens with zero attached hydrogens (tertiary/aromatic N) is 2. The van der Waals surface area contributed by atoms with Crippen molar-refractivity contribution >= 4 is 11.8 Å². The predicted octanol–water partition coefficient (Wildman–Crippen LogP) is 1.93. The van der Waals surface area contributed by atoms with Gasteiger partial charge < -0.3 is 19.3 Å². The van der Waals surface area contributed by atoms with E-state index >= 15 is 0 Å². The van der Waals surface area contributed by atoms with Gasteiger partial charge in [0.05, 0.1) is 13.2 Å². The Morgan fingerprint density at radius 3 is 2.35 bits per heavy atom. The number of carbonyl (C=O) groups is 2. The molecule has 0 aromatic heterocycles. The molecule has 3 rings (SSSR count). The van der Waals surface area contributed by atoms with Crippen molar-refractivity contribution in [3.63, 3.8) is 0 Å². The molecule has 0 radical (unpaired) electrons. The van der Waals surface area contributed by atoms with Gasteiger partial charge in [-0.3, -0.25) is 9.59 Å². The topological polar surface area (TPSA) is 59.1 Å². The van der Waals surface area contributed by atoms with Crippen LogP contribution in [0.5, 0.6) is 0 Å². The average Bonchev–Trinajstić information content (AvgIpc) is 3.08. The Morgan fingerprint density at radius 1 is 1.15 bits per heavy atom. The Labute approximate surface area is 152 Å². The summed E-state index contributed by atoms with van der Waals surface area (Å²) in [6.45, 7) is 4.64. The van der Waals surface area contributed by atoms with Crippen LogP contribution in [-0.2, 0) is 25.6 Å². The zero-order valence-corrected chi connectivity index (χ0v) is 15.1. The molecular formula is C19H25FN2O4. The first-order valence-corrected chi connectivity index (χ1v) is 9.03. The Kier molecular flexibility index (Phi) is 5.88. The summed E-state index contributed by atoms with van der Waals surface area (Å²) in [5.74, 6) is -0.878. The molecule has 0 aliphatic carbocycles. The maximum Gasteiger partial charge on any atom is 0.224 e. The van der Waals surface area contributed by atoms with Crippen molar-refractivity contribution < 1.29 is 23.5 Å². The van der Waals surface area contributed by atoms with Crippen LogP contribution in [0.15, 0.2) is 24.3 Å². The van der Waals surface area contributed by atoms with Crippen LogP contribution in [0.2, 0.25) is 0 Å². The molecule has 0 bridgehead atoms. The Hall–Kier alpha value is -1.99. The fraction of sp³-hybridized carbons (Fsp3) is 0.579. The summed E-state index contributed by atoms with van der Waals surface area (Å²) >= 11 is 0. The molecule has 1 aromatic carbocycles. The monoisotopic (exact) mass is 364 g/mol. The molecule has 6 nitrogen and oxygen atoms in total. The summed E-state index contributed by atoms with van der Waals surface area (Å²) in [5, 5.41) is 0. The molecule has 1 aromatic rings. The number of amides is 2. The normalized spacial score (nSPS) is 18.9. The summed E-state index contributed by atoms with van der Waals surface area (Å²) < 4.78 is 24.4. The van der Waals surface area contributed by atoms with Crippen LogP contribution in [0.4, 0.5) is 4.39 Å². The van der Waals surface area contributed by atoms with Gasteiger partial charge in [0.2, 0.25) is 11.8 Å². The molecule has 0 N–H and O–H groups in total. The van der Waals surface area contributed by atoms with Crippen molar-refractivity contribution in [2.45, 2.75) is 38.5 Å². The van der Waals surface area contributed by atoms with Crippen LogP contribution in [0, 0.1) is 5.82 Å². The number of hydrogen-bond donors (Lipinski definition) is 0. The molecule has 26 heavy (non-hydrogen) atoms. The van der Waals surface area contributed by atoms with Gasteiger partial charge in [-0.05, 0) is 17.7 Å². The first-order chi connectivity index (χ1) is 12.5. The predicted molar refractivity (Wildman–Crippen MR) is 92.6 cm³/mol. The minimum Gasteiger partial charge on any atom is -0.347 e. The number of rotatable bonds is 5. The maximum absolute atomic E-state index is 13.0. The van der Waals surface area contributed by atoms with E-state index in [0.29, 0.717) is 52.2 Å². The van der Waals surface area contributed by atoms with Gasteiger partial charge in [0.1, 0.15) is 5.82 Å². The van der Waals surface area contributed by atoms with Crippen molar-refractivity contribution in [3.8, 4) is 0 Å². The van der Waals surface area contributed by atoms with Crippen molar-refractivity contribution in [3.05, 3.63) is 35.6 Å². The fourth-order valence-electron chi connectivity index (χ4n) is 3.43. The third-order valence-electron chi connectivity index (χ3n) is 5.02. The first-order valence-electron chi connectivity index (χ1n) is 9.03. The quantitative estimate of drug-likeness (QED) is 0.801. The van der Waals surface area contributed by atoms with Crippen LogP contribution in [0.1, 0.15) is 31.7 Å². The van der Waals surface area contributed by atoms with E-state index in [-0.39, 0.29) is 24.1 Å². The number of hydrogen-bond acceptors (Lipinski definition) is 4. The number of halogens is 1. The zero-order valence-electron chi connectivity index (χ0n) is 15.1. The summed E-state index contributed by atoms with van der Waals surface area (Å²) in [6, 6.07) is 6.04. The highest BCUT2D eigenvalue weighted by atomic mass is 19.1. The van der Waals surface area contributed by atoms with Gasteiger partial charge in [-0.2, -0.15) is 0 Å². The van der Waals surface area contributed by atoms with E-state index in [2.05, 4.69) is 0 Å². The van der Waals surface area contributed by atoms with E-state index in [0.717, 1.165) is 5.56 Å². The molecule has 2 heterocycles. The highest BCUT2D eigenvalue weighted by Crippen LogP contribution is 2.31. The van der Waals surface area contributed by atoms with Crippen molar-refractivity contribution in [1.29, 1.82) is 0 Å². The Bertz CT molecular complexity index is 633. The number of carbonyl (C=O) groups excluding carboxylic acids is 2. The van der Waals surface area contributed by atoms with Crippen LogP contribution in [0.3, 0.4) is 0 Å². The Morgan fingerprint density at radius 2 is 1.77 bits per heavy atom. The second kappa shape index (κ2) is 8.14. The summed E-state index contributed by atoms with van der Waals surface area (Å²) in [5.41, 5.74) is 0.837. The van der Waals surface area contributed by atoms with Gasteiger partial charge in [-0.15, -0.1) is 0 Å². The van der Waals surface area contributed by atoms with Gasteiger partial charge in [-0.25, -0.2) is 4.39 Å². The minimum atomic E-state index is -0.495. The standard InChI is InChI=1S/C19H25FN2O4/c1-15(23)22(14-16-2-4-17(20)5-3-16)9-6-18(24)21-10-7-19(8-11-21)25-12-13-26-19/h2-5H,6-14H2,1H3. The van der Waals surface area contributed by atoms with E-state index in [1.165, 1.54) is 19.1 Å². The third kappa shape index (κ3) is 4.59. The molecular weight excluding hydrogens is 339 g/mol. The largest absolute Gasteiger partial charge is 0.347 e. The van der Waals surface area contributed by atoms with Crippen LogP contribution in [0.25, 0.3) is 0 Å². The first kappa shape index (κ1) is 18.8. The van der Waals surface area contributed by atoms with Gasteiger partial charge in [0.25, 0.3) is 0 Å². The van der Waals surface area contributed by atoms with Crippen molar-refractivity contribution in [2.75, 3.05) is 32.8 Å².